The molecule has 0 spiro atoms. The molecule has 21 heavy (non-hydrogen) atoms. The van der Waals surface area contributed by atoms with E-state index >= 15 is 0 Å². The summed E-state index contributed by atoms with van der Waals surface area (Å²) in [7, 11) is 0. The third-order valence-electron chi connectivity index (χ3n) is 3.27. The van der Waals surface area contributed by atoms with Crippen LogP contribution in [0.1, 0.15) is 36.8 Å². The standard InChI is InChI=1S/C17H21FN2O/c1-4-19-13(3)16-10-14(18)8-9-17(16)21-11-15-7-5-6-12(2)20-15/h5-10,13,19H,4,11H2,1-3H3. The van der Waals surface area contributed by atoms with Crippen molar-refractivity contribution >= 4 is 0 Å². The van der Waals surface area contributed by atoms with Gasteiger partial charge in [0.25, 0.3) is 0 Å². The number of hydrogen-bond acceptors (Lipinski definition) is 3. The summed E-state index contributed by atoms with van der Waals surface area (Å²) in [5.41, 5.74) is 2.64. The largest absolute Gasteiger partial charge is 0.487 e. The van der Waals surface area contributed by atoms with Crippen molar-refractivity contribution in [3.8, 4) is 5.75 Å². The van der Waals surface area contributed by atoms with Crippen molar-refractivity contribution in [2.45, 2.75) is 33.4 Å². The summed E-state index contributed by atoms with van der Waals surface area (Å²) < 4.78 is 19.3. The summed E-state index contributed by atoms with van der Waals surface area (Å²) in [5, 5.41) is 3.27. The van der Waals surface area contributed by atoms with Gasteiger partial charge in [0.1, 0.15) is 18.2 Å². The Kier molecular flexibility index (Phi) is 5.28. The van der Waals surface area contributed by atoms with Crippen LogP contribution in [0.25, 0.3) is 0 Å². The fourth-order valence-electron chi connectivity index (χ4n) is 2.24. The van der Waals surface area contributed by atoms with Crippen molar-refractivity contribution in [3.63, 3.8) is 0 Å². The summed E-state index contributed by atoms with van der Waals surface area (Å²) in [4.78, 5) is 4.40. The van der Waals surface area contributed by atoms with E-state index in [1.165, 1.54) is 12.1 Å². The molecule has 4 heteroatoms. The van der Waals surface area contributed by atoms with Crippen LogP contribution in [0.15, 0.2) is 36.4 Å². The fourth-order valence-corrected chi connectivity index (χ4v) is 2.24. The van der Waals surface area contributed by atoms with Gasteiger partial charge in [0.05, 0.1) is 5.69 Å². The van der Waals surface area contributed by atoms with Crippen molar-refractivity contribution in [3.05, 3.63) is 59.2 Å². The van der Waals surface area contributed by atoms with Crippen LogP contribution in [0.3, 0.4) is 0 Å². The highest BCUT2D eigenvalue weighted by molar-refractivity contribution is 5.36. The number of rotatable bonds is 6. The molecule has 0 saturated heterocycles. The molecule has 1 atom stereocenters. The second-order valence-electron chi connectivity index (χ2n) is 5.02. The lowest BCUT2D eigenvalue weighted by Gasteiger charge is -2.17. The predicted molar refractivity (Wildman–Crippen MR) is 81.8 cm³/mol. The number of nitrogens with one attached hydrogen (secondary N) is 1. The van der Waals surface area contributed by atoms with Crippen LogP contribution in [0.2, 0.25) is 0 Å². The quantitative estimate of drug-likeness (QED) is 0.878. The van der Waals surface area contributed by atoms with Gasteiger partial charge in [-0.15, -0.1) is 0 Å². The van der Waals surface area contributed by atoms with Gasteiger partial charge in [-0.2, -0.15) is 0 Å². The molecule has 0 fully saturated rings. The summed E-state index contributed by atoms with van der Waals surface area (Å²) in [5.74, 6) is 0.434. The normalized spacial score (nSPS) is 12.2. The molecule has 0 radical (unpaired) electrons. The van der Waals surface area contributed by atoms with Crippen molar-refractivity contribution in [1.82, 2.24) is 10.3 Å². The van der Waals surface area contributed by atoms with E-state index in [1.54, 1.807) is 6.07 Å². The Balaban J connectivity index is 2.15. The van der Waals surface area contributed by atoms with Gasteiger partial charge in [-0.1, -0.05) is 13.0 Å². The molecular weight excluding hydrogens is 267 g/mol. The van der Waals surface area contributed by atoms with E-state index in [0.29, 0.717) is 12.4 Å². The highest BCUT2D eigenvalue weighted by Gasteiger charge is 2.12. The molecule has 112 valence electrons. The van der Waals surface area contributed by atoms with Crippen LogP contribution in [-0.2, 0) is 6.61 Å². The summed E-state index contributed by atoms with van der Waals surface area (Å²) in [6.45, 7) is 7.15. The molecule has 1 aromatic carbocycles. The fraction of sp³-hybridized carbons (Fsp3) is 0.353. The van der Waals surface area contributed by atoms with Crippen LogP contribution in [0.4, 0.5) is 4.39 Å². The molecule has 0 aliphatic carbocycles. The van der Waals surface area contributed by atoms with Crippen LogP contribution in [0.5, 0.6) is 5.75 Å². The minimum Gasteiger partial charge on any atom is -0.487 e. The molecule has 0 aliphatic rings. The van der Waals surface area contributed by atoms with E-state index in [0.717, 1.165) is 23.5 Å². The first kappa shape index (κ1) is 15.4. The molecule has 2 rings (SSSR count). The second-order valence-corrected chi connectivity index (χ2v) is 5.02. The van der Waals surface area contributed by atoms with E-state index in [2.05, 4.69) is 10.3 Å². The SMILES string of the molecule is CCNC(C)c1cc(F)ccc1OCc1cccc(C)n1. The molecular formula is C17H21FN2O. The predicted octanol–water partition coefficient (Wildman–Crippen LogP) is 3.78. The number of benzene rings is 1. The van der Waals surface area contributed by atoms with E-state index in [1.807, 2.05) is 39.0 Å². The molecule has 0 bridgehead atoms. The summed E-state index contributed by atoms with van der Waals surface area (Å²) >= 11 is 0. The highest BCUT2D eigenvalue weighted by atomic mass is 19.1. The van der Waals surface area contributed by atoms with Gasteiger partial charge in [-0.3, -0.25) is 4.98 Å². The zero-order chi connectivity index (χ0) is 15.2. The molecule has 1 aromatic heterocycles. The maximum absolute atomic E-state index is 13.5. The number of aryl methyl sites for hydroxylation is 1. The molecule has 0 saturated carbocycles. The Labute approximate surface area is 125 Å². The zero-order valence-electron chi connectivity index (χ0n) is 12.7. The van der Waals surface area contributed by atoms with Gasteiger partial charge < -0.3 is 10.1 Å². The highest BCUT2D eigenvalue weighted by Crippen LogP contribution is 2.26. The molecule has 3 nitrogen and oxygen atoms in total. The van der Waals surface area contributed by atoms with E-state index < -0.39 is 0 Å². The minimum absolute atomic E-state index is 0.0335. The van der Waals surface area contributed by atoms with E-state index in [-0.39, 0.29) is 11.9 Å². The minimum atomic E-state index is -0.254. The number of halogens is 1. The number of nitrogens with zero attached hydrogens (tertiary/aromatic N) is 1. The molecule has 0 aliphatic heterocycles. The van der Waals surface area contributed by atoms with Crippen molar-refractivity contribution < 1.29 is 9.13 Å². The topological polar surface area (TPSA) is 34.1 Å². The average Bonchev–Trinajstić information content (AvgIpc) is 2.46. The maximum Gasteiger partial charge on any atom is 0.130 e. The third kappa shape index (κ3) is 4.26. The third-order valence-corrected chi connectivity index (χ3v) is 3.27. The van der Waals surface area contributed by atoms with Gasteiger partial charge >= 0.3 is 0 Å². The molecule has 1 heterocycles. The lowest BCUT2D eigenvalue weighted by atomic mass is 10.1. The molecule has 0 amide bonds. The molecule has 1 unspecified atom stereocenters. The van der Waals surface area contributed by atoms with Gasteiger partial charge in [0, 0.05) is 17.3 Å². The van der Waals surface area contributed by atoms with Crippen molar-refractivity contribution in [2.75, 3.05) is 6.54 Å². The molecule has 2 aromatic rings. The van der Waals surface area contributed by atoms with Crippen molar-refractivity contribution in [1.29, 1.82) is 0 Å². The number of hydrogen-bond donors (Lipinski definition) is 1. The van der Waals surface area contributed by atoms with Crippen LogP contribution in [0, 0.1) is 12.7 Å². The van der Waals surface area contributed by atoms with Gasteiger partial charge in [-0.25, -0.2) is 4.39 Å². The Morgan fingerprint density at radius 3 is 2.81 bits per heavy atom. The van der Waals surface area contributed by atoms with Crippen LogP contribution >= 0.6 is 0 Å². The Hall–Kier alpha value is -1.94. The van der Waals surface area contributed by atoms with Crippen molar-refractivity contribution in [2.24, 2.45) is 0 Å². The monoisotopic (exact) mass is 288 g/mol. The van der Waals surface area contributed by atoms with Crippen LogP contribution in [-0.4, -0.2) is 11.5 Å². The first-order valence-electron chi connectivity index (χ1n) is 7.18. The zero-order valence-corrected chi connectivity index (χ0v) is 12.7. The second kappa shape index (κ2) is 7.18. The first-order chi connectivity index (χ1) is 10.1. The Bertz CT molecular complexity index is 601. The molecule has 1 N–H and O–H groups in total. The van der Waals surface area contributed by atoms with Gasteiger partial charge in [-0.05, 0) is 50.7 Å². The number of pyridine rings is 1. The Morgan fingerprint density at radius 1 is 1.29 bits per heavy atom. The van der Waals surface area contributed by atoms with Crippen LogP contribution < -0.4 is 10.1 Å². The first-order valence-corrected chi connectivity index (χ1v) is 7.18. The average molecular weight is 288 g/mol. The number of ether oxygens (including phenoxy) is 1. The lowest BCUT2D eigenvalue weighted by Crippen LogP contribution is -2.18. The maximum atomic E-state index is 13.5. The van der Waals surface area contributed by atoms with E-state index in [4.69, 9.17) is 4.74 Å². The number of aromatic nitrogens is 1. The smallest absolute Gasteiger partial charge is 0.130 e. The summed E-state index contributed by atoms with van der Waals surface area (Å²) in [6.07, 6.45) is 0. The lowest BCUT2D eigenvalue weighted by molar-refractivity contribution is 0.294. The summed E-state index contributed by atoms with van der Waals surface area (Å²) in [6, 6.07) is 10.5. The van der Waals surface area contributed by atoms with Gasteiger partial charge in [0.2, 0.25) is 0 Å². The van der Waals surface area contributed by atoms with Gasteiger partial charge in [0.15, 0.2) is 0 Å². The Morgan fingerprint density at radius 2 is 2.10 bits per heavy atom. The van der Waals surface area contributed by atoms with E-state index in [9.17, 15) is 4.39 Å².